The molecule has 0 aliphatic rings. The van der Waals surface area contributed by atoms with Gasteiger partial charge >= 0.3 is 5.97 Å². The summed E-state index contributed by atoms with van der Waals surface area (Å²) in [6.07, 6.45) is 1.13. The number of aromatic hydroxyl groups is 1. The van der Waals surface area contributed by atoms with Crippen molar-refractivity contribution in [2.24, 2.45) is 0 Å². The van der Waals surface area contributed by atoms with Gasteiger partial charge in [-0.2, -0.15) is 0 Å². The number of phenolic OH excluding ortho intramolecular Hbond substituents is 1. The first-order valence-corrected chi connectivity index (χ1v) is 9.37. The minimum atomic E-state index is -0.237. The van der Waals surface area contributed by atoms with Crippen molar-refractivity contribution in [2.45, 2.75) is 59.3 Å². The topological polar surface area (TPSA) is 81.8 Å². The lowest BCUT2D eigenvalue weighted by atomic mass is 9.93. The van der Waals surface area contributed by atoms with Crippen molar-refractivity contribution in [1.82, 2.24) is 0 Å². The second-order valence-corrected chi connectivity index (χ2v) is 7.29. The summed E-state index contributed by atoms with van der Waals surface area (Å²) in [5.74, 6) is 1.82. The van der Waals surface area contributed by atoms with Crippen molar-refractivity contribution in [3.63, 3.8) is 0 Å². The van der Waals surface area contributed by atoms with Crippen molar-refractivity contribution < 1.29 is 19.4 Å². The number of benzene rings is 2. The molecule has 2 aromatic rings. The molecule has 5 heteroatoms. The van der Waals surface area contributed by atoms with Crippen LogP contribution in [0.2, 0.25) is 0 Å². The lowest BCUT2D eigenvalue weighted by Crippen LogP contribution is -2.09. The number of nitrogen functional groups attached to an aromatic ring is 1. The number of hydrogen-bond acceptors (Lipinski definition) is 5. The fourth-order valence-electron chi connectivity index (χ4n) is 2.77. The summed E-state index contributed by atoms with van der Waals surface area (Å²) in [7, 11) is 0. The van der Waals surface area contributed by atoms with Crippen LogP contribution >= 0.6 is 0 Å². The second kappa shape index (κ2) is 8.80. The molecule has 0 saturated heterocycles. The van der Waals surface area contributed by atoms with Crippen molar-refractivity contribution in [1.29, 1.82) is 0 Å². The maximum atomic E-state index is 11.9. The Bertz CT molecular complexity index is 783. The van der Waals surface area contributed by atoms with Gasteiger partial charge in [0.1, 0.15) is 23.0 Å². The average molecular weight is 371 g/mol. The number of rotatable bonds is 7. The third kappa shape index (κ3) is 5.16. The zero-order valence-corrected chi connectivity index (χ0v) is 16.7. The Morgan fingerprint density at radius 1 is 1.04 bits per heavy atom. The van der Waals surface area contributed by atoms with Gasteiger partial charge in [0.25, 0.3) is 0 Å². The summed E-state index contributed by atoms with van der Waals surface area (Å²) in [4.78, 5) is 11.9. The van der Waals surface area contributed by atoms with E-state index in [9.17, 15) is 9.90 Å². The zero-order valence-electron chi connectivity index (χ0n) is 16.7. The molecule has 0 spiro atoms. The van der Waals surface area contributed by atoms with Crippen LogP contribution in [-0.4, -0.2) is 11.1 Å². The Hall–Kier alpha value is -2.69. The molecule has 27 heavy (non-hydrogen) atoms. The zero-order chi connectivity index (χ0) is 20.1. The first kappa shape index (κ1) is 20.6. The highest BCUT2D eigenvalue weighted by Gasteiger charge is 2.20. The van der Waals surface area contributed by atoms with E-state index < -0.39 is 0 Å². The summed E-state index contributed by atoms with van der Waals surface area (Å²) >= 11 is 0. The molecular formula is C22H29NO4. The quantitative estimate of drug-likeness (QED) is 0.281. The Labute approximate surface area is 161 Å². The van der Waals surface area contributed by atoms with Crippen molar-refractivity contribution in [2.75, 3.05) is 5.73 Å². The molecule has 0 aromatic heterocycles. The smallest absolute Gasteiger partial charge is 0.311 e. The number of hydrogen-bond donors (Lipinski definition) is 2. The van der Waals surface area contributed by atoms with Crippen molar-refractivity contribution in [3.8, 4) is 23.0 Å². The number of carbonyl (C=O) groups is 1. The van der Waals surface area contributed by atoms with Crippen LogP contribution in [0.15, 0.2) is 30.3 Å². The molecule has 146 valence electrons. The first-order chi connectivity index (χ1) is 12.7. The molecule has 0 radical (unpaired) electrons. The fraction of sp³-hybridized carbons (Fsp3) is 0.409. The van der Waals surface area contributed by atoms with Gasteiger partial charge in [-0.25, -0.2) is 0 Å². The molecule has 0 aliphatic heterocycles. The molecule has 3 N–H and O–H groups in total. The molecule has 0 amide bonds. The number of anilines is 1. The Kier molecular flexibility index (Phi) is 6.72. The molecular weight excluding hydrogens is 342 g/mol. The van der Waals surface area contributed by atoms with Gasteiger partial charge in [0.15, 0.2) is 0 Å². The molecule has 0 saturated carbocycles. The number of esters is 1. The summed E-state index contributed by atoms with van der Waals surface area (Å²) in [5.41, 5.74) is 7.86. The van der Waals surface area contributed by atoms with E-state index in [0.29, 0.717) is 23.6 Å². The van der Waals surface area contributed by atoms with E-state index in [1.165, 1.54) is 6.07 Å². The van der Waals surface area contributed by atoms with Gasteiger partial charge in [0, 0.05) is 23.6 Å². The Balaban J connectivity index is 2.50. The van der Waals surface area contributed by atoms with Crippen LogP contribution in [0.1, 0.15) is 70.4 Å². The lowest BCUT2D eigenvalue weighted by molar-refractivity contribution is -0.134. The fourth-order valence-corrected chi connectivity index (χ4v) is 2.77. The van der Waals surface area contributed by atoms with Crippen LogP contribution in [0, 0.1) is 0 Å². The Morgan fingerprint density at radius 2 is 1.63 bits per heavy atom. The second-order valence-electron chi connectivity index (χ2n) is 7.29. The maximum absolute atomic E-state index is 11.9. The molecule has 0 aliphatic carbocycles. The summed E-state index contributed by atoms with van der Waals surface area (Å²) in [6, 6.07) is 8.54. The summed E-state index contributed by atoms with van der Waals surface area (Å²) < 4.78 is 11.7. The van der Waals surface area contributed by atoms with Gasteiger partial charge in [0.2, 0.25) is 0 Å². The van der Waals surface area contributed by atoms with Crippen LogP contribution in [0.4, 0.5) is 5.69 Å². The van der Waals surface area contributed by atoms with Crippen LogP contribution in [0.5, 0.6) is 23.0 Å². The molecule has 0 fully saturated rings. The molecule has 0 atom stereocenters. The average Bonchev–Trinajstić information content (AvgIpc) is 2.58. The van der Waals surface area contributed by atoms with Crippen LogP contribution in [-0.2, 0) is 4.79 Å². The standard InChI is InChI=1S/C22H29NO4/c1-6-7-21(25)26-16-10-17(13(2)3)22(18(11-16)14(4)5)27-15-8-9-19(23)20(24)12-15/h8-14,24H,6-7,23H2,1-5H3. The lowest BCUT2D eigenvalue weighted by Gasteiger charge is -2.21. The molecule has 0 heterocycles. The Morgan fingerprint density at radius 3 is 2.11 bits per heavy atom. The highest BCUT2D eigenvalue weighted by atomic mass is 16.5. The van der Waals surface area contributed by atoms with E-state index in [4.69, 9.17) is 15.2 Å². The van der Waals surface area contributed by atoms with E-state index in [1.54, 1.807) is 12.1 Å². The van der Waals surface area contributed by atoms with Crippen LogP contribution in [0.3, 0.4) is 0 Å². The molecule has 2 rings (SSSR count). The van der Waals surface area contributed by atoms with E-state index >= 15 is 0 Å². The van der Waals surface area contributed by atoms with Gasteiger partial charge in [-0.05, 0) is 42.5 Å². The van der Waals surface area contributed by atoms with Crippen molar-refractivity contribution in [3.05, 3.63) is 41.5 Å². The highest BCUT2D eigenvalue weighted by Crippen LogP contribution is 2.41. The number of nitrogens with two attached hydrogens (primary N) is 1. The third-order valence-electron chi connectivity index (χ3n) is 4.27. The first-order valence-electron chi connectivity index (χ1n) is 9.37. The highest BCUT2D eigenvalue weighted by molar-refractivity contribution is 5.72. The molecule has 5 nitrogen and oxygen atoms in total. The van der Waals surface area contributed by atoms with Crippen molar-refractivity contribution >= 4 is 11.7 Å². The number of phenols is 1. The summed E-state index contributed by atoms with van der Waals surface area (Å²) in [5, 5.41) is 9.87. The number of ether oxygens (including phenoxy) is 2. The molecule has 0 unspecified atom stereocenters. The van der Waals surface area contributed by atoms with E-state index in [2.05, 4.69) is 27.7 Å². The normalized spacial score (nSPS) is 11.1. The van der Waals surface area contributed by atoms with Gasteiger partial charge in [-0.3, -0.25) is 4.79 Å². The van der Waals surface area contributed by atoms with Crippen LogP contribution < -0.4 is 15.2 Å². The summed E-state index contributed by atoms with van der Waals surface area (Å²) in [6.45, 7) is 10.2. The van der Waals surface area contributed by atoms with Crippen LogP contribution in [0.25, 0.3) is 0 Å². The monoisotopic (exact) mass is 371 g/mol. The molecule has 0 bridgehead atoms. The van der Waals surface area contributed by atoms with Gasteiger partial charge in [-0.1, -0.05) is 34.6 Å². The van der Waals surface area contributed by atoms with E-state index in [0.717, 1.165) is 23.3 Å². The third-order valence-corrected chi connectivity index (χ3v) is 4.27. The van der Waals surface area contributed by atoms with Gasteiger partial charge in [-0.15, -0.1) is 0 Å². The predicted molar refractivity (Wildman–Crippen MR) is 108 cm³/mol. The SMILES string of the molecule is CCCC(=O)Oc1cc(C(C)C)c(Oc2ccc(N)c(O)c2)c(C(C)C)c1. The minimum absolute atomic E-state index is 0.0187. The molecule has 2 aromatic carbocycles. The maximum Gasteiger partial charge on any atom is 0.311 e. The van der Waals surface area contributed by atoms with Gasteiger partial charge in [0.05, 0.1) is 5.69 Å². The minimum Gasteiger partial charge on any atom is -0.506 e. The van der Waals surface area contributed by atoms with Gasteiger partial charge < -0.3 is 20.3 Å². The largest absolute Gasteiger partial charge is 0.506 e. The predicted octanol–water partition coefficient (Wildman–Crippen LogP) is 5.72. The number of carbonyl (C=O) groups excluding carboxylic acids is 1. The van der Waals surface area contributed by atoms with E-state index in [1.807, 2.05) is 19.1 Å². The van der Waals surface area contributed by atoms with E-state index in [-0.39, 0.29) is 23.6 Å².